The average molecular weight is 332 g/mol. The van der Waals surface area contributed by atoms with Crippen molar-refractivity contribution < 1.29 is 14.6 Å². The third-order valence-electron chi connectivity index (χ3n) is 8.14. The topological polar surface area (TPSA) is 46.5 Å². The Morgan fingerprint density at radius 2 is 2.00 bits per heavy atom. The number of fused-ring (bicyclic) bond motifs is 4. The molecule has 134 valence electrons. The van der Waals surface area contributed by atoms with Crippen molar-refractivity contribution in [3.05, 3.63) is 11.1 Å². The largest absolute Gasteiger partial charge is 0.387 e. The number of aliphatic hydroxyl groups is 1. The van der Waals surface area contributed by atoms with Crippen LogP contribution in [0.3, 0.4) is 0 Å². The van der Waals surface area contributed by atoms with Crippen molar-refractivity contribution in [1.29, 1.82) is 0 Å². The minimum atomic E-state index is -0.660. The van der Waals surface area contributed by atoms with E-state index in [9.17, 15) is 9.90 Å². The molecule has 0 radical (unpaired) electrons. The zero-order valence-electron chi connectivity index (χ0n) is 15.3. The summed E-state index contributed by atoms with van der Waals surface area (Å²) in [6.45, 7) is 2.81. The lowest BCUT2D eigenvalue weighted by molar-refractivity contribution is -0.197. The van der Waals surface area contributed by atoms with E-state index in [-0.39, 0.29) is 5.41 Å². The summed E-state index contributed by atoms with van der Waals surface area (Å²) in [5, 5.41) is 11.4. The lowest BCUT2D eigenvalue weighted by Gasteiger charge is -2.61. The Labute approximate surface area is 145 Å². The molecule has 3 nitrogen and oxygen atoms in total. The van der Waals surface area contributed by atoms with Gasteiger partial charge in [0.1, 0.15) is 5.78 Å². The summed E-state index contributed by atoms with van der Waals surface area (Å²) in [6, 6.07) is 0. The molecule has 1 N–H and O–H groups in total. The molecule has 5 atom stereocenters. The van der Waals surface area contributed by atoms with E-state index in [4.69, 9.17) is 4.74 Å². The van der Waals surface area contributed by atoms with E-state index in [0.717, 1.165) is 44.9 Å². The van der Waals surface area contributed by atoms with Crippen LogP contribution in [-0.2, 0) is 9.53 Å². The third kappa shape index (κ3) is 2.34. The number of methoxy groups -OCH3 is 1. The fourth-order valence-electron chi connectivity index (χ4n) is 6.86. The first-order valence-electron chi connectivity index (χ1n) is 9.92. The molecule has 4 aliphatic rings. The number of carbonyl (C=O) groups excluding carboxylic acids is 1. The van der Waals surface area contributed by atoms with Gasteiger partial charge in [-0.15, -0.1) is 0 Å². The summed E-state index contributed by atoms with van der Waals surface area (Å²) in [7, 11) is 1.72. The maximum atomic E-state index is 11.8. The second-order valence-electron chi connectivity index (χ2n) is 9.07. The predicted molar refractivity (Wildman–Crippen MR) is 93.6 cm³/mol. The third-order valence-corrected chi connectivity index (χ3v) is 8.14. The number of rotatable bonds is 2. The molecule has 0 heterocycles. The Morgan fingerprint density at radius 1 is 1.17 bits per heavy atom. The average Bonchev–Trinajstić information content (AvgIpc) is 2.55. The lowest BCUT2D eigenvalue weighted by Crippen LogP contribution is -2.60. The molecule has 24 heavy (non-hydrogen) atoms. The molecule has 0 amide bonds. The second kappa shape index (κ2) is 5.95. The van der Waals surface area contributed by atoms with Crippen LogP contribution in [0.15, 0.2) is 11.1 Å². The molecule has 0 aromatic heterocycles. The molecular formula is C21H32O3. The second-order valence-corrected chi connectivity index (χ2v) is 9.07. The van der Waals surface area contributed by atoms with Gasteiger partial charge in [0.2, 0.25) is 0 Å². The van der Waals surface area contributed by atoms with Gasteiger partial charge in [-0.1, -0.05) is 24.5 Å². The molecule has 0 aromatic carbocycles. The van der Waals surface area contributed by atoms with E-state index < -0.39 is 5.60 Å². The SMILES string of the molecule is COCC1(O)CCC[C@H]2[C@@H]3CCC4=C(CCC(=O)C4)[C@H]3CC[C@@]21C. The van der Waals surface area contributed by atoms with Crippen LogP contribution in [0.4, 0.5) is 0 Å². The van der Waals surface area contributed by atoms with Crippen molar-refractivity contribution in [2.45, 2.75) is 76.7 Å². The minimum Gasteiger partial charge on any atom is -0.387 e. The van der Waals surface area contributed by atoms with Gasteiger partial charge in [0.05, 0.1) is 12.2 Å². The number of carbonyl (C=O) groups is 1. The van der Waals surface area contributed by atoms with Crippen molar-refractivity contribution in [2.24, 2.45) is 23.2 Å². The smallest absolute Gasteiger partial charge is 0.137 e. The van der Waals surface area contributed by atoms with Crippen LogP contribution >= 0.6 is 0 Å². The van der Waals surface area contributed by atoms with Gasteiger partial charge >= 0.3 is 0 Å². The van der Waals surface area contributed by atoms with Crippen molar-refractivity contribution >= 4 is 5.78 Å². The van der Waals surface area contributed by atoms with Crippen LogP contribution < -0.4 is 0 Å². The molecule has 3 heteroatoms. The first-order valence-corrected chi connectivity index (χ1v) is 9.92. The predicted octanol–water partition coefficient (Wildman–Crippen LogP) is 4.04. The van der Waals surface area contributed by atoms with Gasteiger partial charge in [-0.05, 0) is 62.7 Å². The minimum absolute atomic E-state index is 0.00895. The number of hydrogen-bond donors (Lipinski definition) is 1. The van der Waals surface area contributed by atoms with Crippen LogP contribution in [0.25, 0.3) is 0 Å². The first-order chi connectivity index (χ1) is 11.5. The van der Waals surface area contributed by atoms with Gasteiger partial charge in [-0.25, -0.2) is 0 Å². The fraction of sp³-hybridized carbons (Fsp3) is 0.857. The quantitative estimate of drug-likeness (QED) is 0.776. The Kier molecular flexibility index (Phi) is 4.16. The Bertz CT molecular complexity index is 561. The lowest BCUT2D eigenvalue weighted by atomic mass is 9.46. The summed E-state index contributed by atoms with van der Waals surface area (Å²) in [6.07, 6.45) is 10.4. The van der Waals surface area contributed by atoms with Crippen molar-refractivity contribution in [3.8, 4) is 0 Å². The molecule has 0 aromatic rings. The van der Waals surface area contributed by atoms with Gasteiger partial charge in [0.25, 0.3) is 0 Å². The van der Waals surface area contributed by atoms with E-state index in [1.54, 1.807) is 12.7 Å². The molecule has 4 rings (SSSR count). The molecule has 0 spiro atoms. The summed E-state index contributed by atoms with van der Waals surface area (Å²) >= 11 is 0. The van der Waals surface area contributed by atoms with Crippen molar-refractivity contribution in [2.75, 3.05) is 13.7 Å². The number of ether oxygens (including phenoxy) is 1. The highest BCUT2D eigenvalue weighted by atomic mass is 16.5. The molecule has 0 saturated heterocycles. The summed E-state index contributed by atoms with van der Waals surface area (Å²) in [4.78, 5) is 11.8. The zero-order valence-corrected chi connectivity index (χ0v) is 15.3. The van der Waals surface area contributed by atoms with Crippen LogP contribution in [-0.4, -0.2) is 30.2 Å². The zero-order chi connectivity index (χ0) is 16.9. The van der Waals surface area contributed by atoms with Crippen LogP contribution in [0.5, 0.6) is 0 Å². The highest BCUT2D eigenvalue weighted by Crippen LogP contribution is 2.62. The summed E-state index contributed by atoms with van der Waals surface area (Å²) < 4.78 is 5.44. The van der Waals surface area contributed by atoms with Gasteiger partial charge in [-0.2, -0.15) is 0 Å². The highest BCUT2D eigenvalue weighted by molar-refractivity contribution is 5.82. The molecule has 1 unspecified atom stereocenters. The van der Waals surface area contributed by atoms with Crippen LogP contribution in [0.1, 0.15) is 71.1 Å². The number of Topliss-reactive ketones (excluding diaryl/α,β-unsaturated/α-hetero) is 1. The molecular weight excluding hydrogens is 300 g/mol. The standard InChI is InChI=1S/C21H32O3/c1-20-11-9-17-16-8-6-15(22)12-14(16)5-7-18(17)19(20)4-3-10-21(20,23)13-24-2/h17-19,23H,3-13H2,1-2H3/t17-,18-,19+,20+,21?/m1/s1. The number of hydrogen-bond acceptors (Lipinski definition) is 3. The maximum absolute atomic E-state index is 11.8. The highest BCUT2D eigenvalue weighted by Gasteiger charge is 2.59. The first kappa shape index (κ1) is 16.8. The Morgan fingerprint density at radius 3 is 2.79 bits per heavy atom. The molecule has 2 saturated carbocycles. The summed E-state index contributed by atoms with van der Waals surface area (Å²) in [5.74, 6) is 2.45. The van der Waals surface area contributed by atoms with Gasteiger partial charge in [0, 0.05) is 25.4 Å². The van der Waals surface area contributed by atoms with E-state index in [2.05, 4.69) is 6.92 Å². The van der Waals surface area contributed by atoms with E-state index in [1.165, 1.54) is 24.8 Å². The van der Waals surface area contributed by atoms with Crippen molar-refractivity contribution in [1.82, 2.24) is 0 Å². The van der Waals surface area contributed by atoms with E-state index in [1.807, 2.05) is 0 Å². The molecule has 4 aliphatic carbocycles. The summed E-state index contributed by atoms with van der Waals surface area (Å²) in [5.41, 5.74) is 2.46. The van der Waals surface area contributed by atoms with Crippen LogP contribution in [0, 0.1) is 23.2 Å². The number of allylic oxidation sites excluding steroid dienone is 2. The Balaban J connectivity index is 1.64. The van der Waals surface area contributed by atoms with E-state index in [0.29, 0.717) is 30.1 Å². The van der Waals surface area contributed by atoms with Gasteiger partial charge < -0.3 is 9.84 Å². The Hall–Kier alpha value is -0.670. The monoisotopic (exact) mass is 332 g/mol. The van der Waals surface area contributed by atoms with Gasteiger partial charge in [-0.3, -0.25) is 4.79 Å². The fourth-order valence-corrected chi connectivity index (χ4v) is 6.86. The van der Waals surface area contributed by atoms with Crippen LogP contribution in [0.2, 0.25) is 0 Å². The molecule has 2 fully saturated rings. The van der Waals surface area contributed by atoms with E-state index >= 15 is 0 Å². The molecule has 0 bridgehead atoms. The van der Waals surface area contributed by atoms with Gasteiger partial charge in [0.15, 0.2) is 0 Å². The maximum Gasteiger partial charge on any atom is 0.137 e. The molecule has 0 aliphatic heterocycles. The van der Waals surface area contributed by atoms with Crippen molar-refractivity contribution in [3.63, 3.8) is 0 Å². The number of ketones is 1. The normalized spacial score (nSPS) is 45.5.